The van der Waals surface area contributed by atoms with E-state index in [2.05, 4.69) is 15.0 Å². The minimum Gasteiger partial charge on any atom is -0.575 e. The van der Waals surface area contributed by atoms with Crippen LogP contribution < -0.4 is 0 Å². The molecule has 0 amide bonds. The van der Waals surface area contributed by atoms with Crippen LogP contribution in [-0.2, 0) is 27.1 Å². The Bertz CT molecular complexity index is 1080. The van der Waals surface area contributed by atoms with Crippen LogP contribution in [0.15, 0.2) is 64.8 Å². The molecule has 26 heavy (non-hydrogen) atoms. The molecule has 0 atom stereocenters. The summed E-state index contributed by atoms with van der Waals surface area (Å²) in [5.74, 6) is -0.281. The summed E-state index contributed by atoms with van der Waals surface area (Å²) in [7, 11) is -3.58. The first-order valence-corrected chi connectivity index (χ1v) is 9.07. The van der Waals surface area contributed by atoms with Crippen LogP contribution in [0.3, 0.4) is 0 Å². The number of fused-ring (bicyclic) bond motifs is 1. The molecule has 0 spiro atoms. The molecule has 9 heteroatoms. The van der Waals surface area contributed by atoms with Crippen molar-refractivity contribution >= 4 is 37.9 Å². The van der Waals surface area contributed by atoms with Gasteiger partial charge >= 0.3 is 17.1 Å². The van der Waals surface area contributed by atoms with Crippen molar-refractivity contribution in [3.8, 4) is 11.5 Å². The van der Waals surface area contributed by atoms with Gasteiger partial charge in [-0.15, -0.1) is 10.8 Å². The molecular weight excluding hydrogens is 406 g/mol. The van der Waals surface area contributed by atoms with Crippen LogP contribution in [0, 0.1) is 0 Å². The minimum atomic E-state index is -3.58. The second-order valence-electron chi connectivity index (χ2n) is 5.32. The minimum absolute atomic E-state index is 0. The van der Waals surface area contributed by atoms with E-state index in [1.165, 1.54) is 12.1 Å². The second-order valence-corrected chi connectivity index (χ2v) is 6.97. The number of nitrogens with zero attached hydrogens (tertiary/aromatic N) is 3. The normalized spacial score (nSPS) is 11.4. The fraction of sp³-hybridized carbons (Fsp3) is 0.0588. The van der Waals surface area contributed by atoms with Gasteiger partial charge in [0.2, 0.25) is 0 Å². The molecule has 3 aromatic carbocycles. The monoisotopic (exact) mass is 419 g/mol. The number of sulfonamides is 1. The third-order valence-electron chi connectivity index (χ3n) is 3.39. The van der Waals surface area contributed by atoms with Crippen molar-refractivity contribution in [3.05, 3.63) is 59.3 Å². The zero-order chi connectivity index (χ0) is 18.0. The number of hydrogen-bond acceptors (Lipinski definition) is 6. The standard InChI is InChI=1S/C17H14N3O4S.Cu/c1-25(23,24)20-13-7-3-2-6-12(13)18-19-14-10-9-11-5-4-8-15(21)16(11)17(14)22;/h2-10H,1H3,(H2-,18,19,20,21,22);/q-1;+1. The van der Waals surface area contributed by atoms with E-state index in [4.69, 9.17) is 0 Å². The molecule has 0 saturated carbocycles. The van der Waals surface area contributed by atoms with Crippen LogP contribution >= 0.6 is 0 Å². The Morgan fingerprint density at radius 2 is 1.58 bits per heavy atom. The summed E-state index contributed by atoms with van der Waals surface area (Å²) in [6.07, 6.45) is 0.985. The van der Waals surface area contributed by atoms with Gasteiger partial charge in [-0.1, -0.05) is 36.4 Å². The molecule has 0 aliphatic rings. The van der Waals surface area contributed by atoms with Crippen molar-refractivity contribution in [1.29, 1.82) is 0 Å². The van der Waals surface area contributed by atoms with E-state index < -0.39 is 10.0 Å². The van der Waals surface area contributed by atoms with E-state index in [0.717, 1.165) is 6.26 Å². The van der Waals surface area contributed by atoms with Gasteiger partial charge < -0.3 is 14.9 Å². The summed E-state index contributed by atoms with van der Waals surface area (Å²) < 4.78 is 26.3. The van der Waals surface area contributed by atoms with Crippen LogP contribution in [0.1, 0.15) is 0 Å². The zero-order valence-corrected chi connectivity index (χ0v) is 15.2. The Kier molecular flexibility index (Phi) is 5.86. The van der Waals surface area contributed by atoms with Gasteiger partial charge in [0, 0.05) is 6.26 Å². The second kappa shape index (κ2) is 7.74. The molecule has 0 bridgehead atoms. The average molecular weight is 420 g/mol. The Hall–Kier alpha value is -2.61. The first kappa shape index (κ1) is 19.7. The molecule has 0 aliphatic heterocycles. The molecule has 2 N–H and O–H groups in total. The number of aromatic hydroxyl groups is 2. The first-order valence-electron chi connectivity index (χ1n) is 7.22. The van der Waals surface area contributed by atoms with E-state index in [9.17, 15) is 18.6 Å². The summed E-state index contributed by atoms with van der Waals surface area (Å²) in [6.45, 7) is 0. The maximum atomic E-state index is 11.4. The molecule has 0 radical (unpaired) electrons. The first-order chi connectivity index (χ1) is 11.8. The third-order valence-corrected chi connectivity index (χ3v) is 3.91. The van der Waals surface area contributed by atoms with Crippen molar-refractivity contribution < 1.29 is 35.7 Å². The van der Waals surface area contributed by atoms with Crippen LogP contribution in [-0.4, -0.2) is 24.9 Å². The third kappa shape index (κ3) is 4.32. The largest absolute Gasteiger partial charge is 1.00 e. The molecule has 0 heterocycles. The maximum absolute atomic E-state index is 11.4. The molecule has 3 rings (SSSR count). The quantitative estimate of drug-likeness (QED) is 0.474. The summed E-state index contributed by atoms with van der Waals surface area (Å²) >= 11 is 0. The van der Waals surface area contributed by atoms with E-state index in [0.29, 0.717) is 5.39 Å². The fourth-order valence-electron chi connectivity index (χ4n) is 2.32. The van der Waals surface area contributed by atoms with Gasteiger partial charge in [-0.2, -0.15) is 5.11 Å². The van der Waals surface area contributed by atoms with Gasteiger partial charge in [-0.05, 0) is 23.6 Å². The molecule has 0 aliphatic carbocycles. The Balaban J connectivity index is 0.00000243. The van der Waals surface area contributed by atoms with Gasteiger partial charge in [0.1, 0.15) is 11.4 Å². The predicted octanol–water partition coefficient (Wildman–Crippen LogP) is 4.63. The molecule has 0 saturated heterocycles. The van der Waals surface area contributed by atoms with Crippen LogP contribution in [0.4, 0.5) is 17.1 Å². The number of benzene rings is 3. The smallest absolute Gasteiger partial charge is 0.575 e. The Morgan fingerprint density at radius 1 is 0.885 bits per heavy atom. The Morgan fingerprint density at radius 3 is 2.31 bits per heavy atom. The van der Waals surface area contributed by atoms with Gasteiger partial charge in [0.25, 0.3) is 0 Å². The molecule has 0 aromatic heterocycles. The number of phenolic OH excluding ortho intramolecular Hbond substituents is 2. The predicted molar refractivity (Wildman–Crippen MR) is 95.8 cm³/mol. The van der Waals surface area contributed by atoms with E-state index in [1.54, 1.807) is 42.5 Å². The number of phenols is 2. The van der Waals surface area contributed by atoms with Gasteiger partial charge in [0.15, 0.2) is 5.75 Å². The topological polar surface area (TPSA) is 113 Å². The number of hydrogen-bond donors (Lipinski definition) is 2. The zero-order valence-electron chi connectivity index (χ0n) is 13.5. The SMILES string of the molecule is CS(=O)(=O)[N-]c1ccccc1N=Nc1ccc2cccc(O)c2c1O.[Cu+]. The Labute approximate surface area is 160 Å². The molecule has 3 aromatic rings. The van der Waals surface area contributed by atoms with E-state index in [-0.39, 0.29) is 51.0 Å². The van der Waals surface area contributed by atoms with Crippen molar-refractivity contribution in [2.45, 2.75) is 0 Å². The van der Waals surface area contributed by atoms with Crippen molar-refractivity contribution in [2.75, 3.05) is 6.26 Å². The number of azo groups is 1. The van der Waals surface area contributed by atoms with Gasteiger partial charge in [-0.3, -0.25) is 0 Å². The number of rotatable bonds is 4. The van der Waals surface area contributed by atoms with Crippen LogP contribution in [0.2, 0.25) is 0 Å². The molecular formula is C17H14CuN3O4S. The van der Waals surface area contributed by atoms with E-state index in [1.807, 2.05) is 0 Å². The summed E-state index contributed by atoms with van der Waals surface area (Å²) in [5, 5.41) is 29.1. The summed E-state index contributed by atoms with van der Waals surface area (Å²) in [4.78, 5) is 0. The average Bonchev–Trinajstić information content (AvgIpc) is 2.54. The molecule has 138 valence electrons. The maximum Gasteiger partial charge on any atom is 1.00 e. The van der Waals surface area contributed by atoms with Crippen molar-refractivity contribution in [1.82, 2.24) is 0 Å². The fourth-order valence-corrected chi connectivity index (χ4v) is 2.83. The van der Waals surface area contributed by atoms with Crippen LogP contribution in [0.5, 0.6) is 11.5 Å². The van der Waals surface area contributed by atoms with Gasteiger partial charge in [-0.25, -0.2) is 8.42 Å². The molecule has 0 unspecified atom stereocenters. The molecule has 7 nitrogen and oxygen atoms in total. The van der Waals surface area contributed by atoms with Crippen LogP contribution in [0.25, 0.3) is 15.5 Å². The van der Waals surface area contributed by atoms with Crippen molar-refractivity contribution in [3.63, 3.8) is 0 Å². The summed E-state index contributed by atoms with van der Waals surface area (Å²) in [6, 6.07) is 14.5. The van der Waals surface area contributed by atoms with Gasteiger partial charge in [0.05, 0.1) is 21.1 Å². The van der Waals surface area contributed by atoms with E-state index >= 15 is 0 Å². The molecule has 0 fully saturated rings. The summed E-state index contributed by atoms with van der Waals surface area (Å²) in [5.41, 5.74) is 0.532. The van der Waals surface area contributed by atoms with Crippen molar-refractivity contribution in [2.24, 2.45) is 10.2 Å².